The van der Waals surface area contributed by atoms with Gasteiger partial charge in [-0.25, -0.2) is 0 Å². The molecule has 0 radical (unpaired) electrons. The molecule has 3 aromatic rings. The number of carbonyl (C=O) groups is 2. The van der Waals surface area contributed by atoms with Crippen LogP contribution in [0.4, 0.5) is 5.69 Å². The van der Waals surface area contributed by atoms with Crippen LogP contribution in [0, 0.1) is 0 Å². The van der Waals surface area contributed by atoms with Crippen molar-refractivity contribution in [1.29, 1.82) is 0 Å². The predicted molar refractivity (Wildman–Crippen MR) is 124 cm³/mol. The molecule has 2 N–H and O–H groups in total. The van der Waals surface area contributed by atoms with E-state index in [1.807, 2.05) is 13.0 Å². The quantitative estimate of drug-likeness (QED) is 0.354. The van der Waals surface area contributed by atoms with Crippen LogP contribution in [-0.2, 0) is 11.8 Å². The summed E-state index contributed by atoms with van der Waals surface area (Å²) >= 11 is 19.2. The standard InChI is InChI=1S/C20H18Cl3N5O2S/c1-11(24-19(30)12-6-4-3-5-7-12)18-26-27-20(28(18)2)31-10-17(29)25-16-9-14(22)13(21)8-15(16)23/h3-9,11H,10H2,1-2H3,(H,24,30)(H,25,29)/t11-/m0/s1. The minimum Gasteiger partial charge on any atom is -0.342 e. The van der Waals surface area contributed by atoms with Gasteiger partial charge in [0, 0.05) is 12.6 Å². The van der Waals surface area contributed by atoms with Crippen LogP contribution >= 0.6 is 46.6 Å². The normalized spacial score (nSPS) is 11.8. The van der Waals surface area contributed by atoms with Gasteiger partial charge in [-0.3, -0.25) is 9.59 Å². The molecule has 0 saturated heterocycles. The van der Waals surface area contributed by atoms with Crippen LogP contribution in [-0.4, -0.2) is 32.3 Å². The maximum Gasteiger partial charge on any atom is 0.251 e. The molecule has 11 heteroatoms. The summed E-state index contributed by atoms with van der Waals surface area (Å²) in [7, 11) is 1.77. The fourth-order valence-corrected chi connectivity index (χ4v) is 4.01. The molecule has 0 aliphatic heterocycles. The van der Waals surface area contributed by atoms with Crippen molar-refractivity contribution in [2.45, 2.75) is 18.1 Å². The summed E-state index contributed by atoms with van der Waals surface area (Å²) < 4.78 is 1.74. The smallest absolute Gasteiger partial charge is 0.251 e. The Kier molecular flexibility index (Phi) is 7.83. The van der Waals surface area contributed by atoms with Crippen molar-refractivity contribution in [3.63, 3.8) is 0 Å². The lowest BCUT2D eigenvalue weighted by Crippen LogP contribution is -2.28. The van der Waals surface area contributed by atoms with E-state index in [2.05, 4.69) is 20.8 Å². The summed E-state index contributed by atoms with van der Waals surface area (Å²) in [5, 5.41) is 15.3. The number of benzene rings is 2. The Morgan fingerprint density at radius 3 is 2.45 bits per heavy atom. The van der Waals surface area contributed by atoms with Crippen LogP contribution in [0.25, 0.3) is 0 Å². The van der Waals surface area contributed by atoms with Crippen molar-refractivity contribution < 1.29 is 9.59 Å². The first-order valence-corrected chi connectivity index (χ1v) is 11.2. The lowest BCUT2D eigenvalue weighted by atomic mass is 10.2. The molecule has 1 aromatic heterocycles. The number of hydrogen-bond donors (Lipinski definition) is 2. The number of nitrogens with zero attached hydrogens (tertiary/aromatic N) is 3. The zero-order valence-corrected chi connectivity index (χ0v) is 19.6. The Hall–Kier alpha value is -2.26. The van der Waals surface area contributed by atoms with Crippen molar-refractivity contribution >= 4 is 64.1 Å². The monoisotopic (exact) mass is 497 g/mol. The van der Waals surface area contributed by atoms with Crippen LogP contribution in [0.5, 0.6) is 0 Å². The van der Waals surface area contributed by atoms with Crippen molar-refractivity contribution in [3.05, 3.63) is 68.9 Å². The molecule has 1 atom stereocenters. The number of aromatic nitrogens is 3. The van der Waals surface area contributed by atoms with E-state index in [0.717, 1.165) is 0 Å². The number of halogens is 3. The summed E-state index contributed by atoms with van der Waals surface area (Å²) in [5.74, 6) is 0.149. The van der Waals surface area contributed by atoms with Gasteiger partial charge in [-0.1, -0.05) is 64.8 Å². The molecular formula is C20H18Cl3N5O2S. The predicted octanol–water partition coefficient (Wildman–Crippen LogP) is 5.00. The zero-order valence-electron chi connectivity index (χ0n) is 16.5. The first-order valence-electron chi connectivity index (χ1n) is 9.08. The molecule has 2 amide bonds. The average molecular weight is 499 g/mol. The largest absolute Gasteiger partial charge is 0.342 e. The third-order valence-corrected chi connectivity index (χ3v) is 6.31. The second-order valence-electron chi connectivity index (χ2n) is 6.54. The zero-order chi connectivity index (χ0) is 22.5. The van der Waals surface area contributed by atoms with E-state index in [1.54, 1.807) is 35.9 Å². The fourth-order valence-electron chi connectivity index (χ4n) is 2.70. The van der Waals surface area contributed by atoms with Gasteiger partial charge in [-0.2, -0.15) is 0 Å². The van der Waals surface area contributed by atoms with E-state index >= 15 is 0 Å². The van der Waals surface area contributed by atoms with Gasteiger partial charge < -0.3 is 15.2 Å². The molecule has 3 rings (SSSR count). The number of anilines is 1. The number of nitrogens with one attached hydrogen (secondary N) is 2. The van der Waals surface area contributed by atoms with Gasteiger partial charge in [-0.15, -0.1) is 10.2 Å². The second kappa shape index (κ2) is 10.4. The van der Waals surface area contributed by atoms with Gasteiger partial charge in [0.05, 0.1) is 32.5 Å². The summed E-state index contributed by atoms with van der Waals surface area (Å²) in [6, 6.07) is 11.5. The Labute approximate surface area is 198 Å². The molecule has 1 heterocycles. The van der Waals surface area contributed by atoms with Crippen molar-refractivity contribution in [2.24, 2.45) is 7.05 Å². The Balaban J connectivity index is 1.59. The molecular weight excluding hydrogens is 481 g/mol. The van der Waals surface area contributed by atoms with Gasteiger partial charge in [0.15, 0.2) is 11.0 Å². The fraction of sp³-hybridized carbons (Fsp3) is 0.200. The number of carbonyl (C=O) groups excluding carboxylic acids is 2. The Morgan fingerprint density at radius 1 is 1.06 bits per heavy atom. The maximum absolute atomic E-state index is 12.4. The summed E-state index contributed by atoms with van der Waals surface area (Å²) in [6.07, 6.45) is 0. The number of rotatable bonds is 7. The minimum absolute atomic E-state index is 0.0767. The molecule has 0 aliphatic carbocycles. The Morgan fingerprint density at radius 2 is 1.74 bits per heavy atom. The van der Waals surface area contributed by atoms with Crippen molar-refractivity contribution in [2.75, 3.05) is 11.1 Å². The first-order chi connectivity index (χ1) is 14.8. The van der Waals surface area contributed by atoms with Gasteiger partial charge >= 0.3 is 0 Å². The molecule has 0 aliphatic rings. The van der Waals surface area contributed by atoms with Crippen LogP contribution in [0.2, 0.25) is 15.1 Å². The first kappa shape index (κ1) is 23.4. The second-order valence-corrected chi connectivity index (χ2v) is 8.71. The topological polar surface area (TPSA) is 88.9 Å². The molecule has 0 spiro atoms. The SMILES string of the molecule is C[C@H](NC(=O)c1ccccc1)c1nnc(SCC(=O)Nc2cc(Cl)c(Cl)cc2Cl)n1C. The van der Waals surface area contributed by atoms with Gasteiger partial charge in [0.25, 0.3) is 5.91 Å². The average Bonchev–Trinajstić information content (AvgIpc) is 3.11. The van der Waals surface area contributed by atoms with E-state index in [-0.39, 0.29) is 28.6 Å². The molecule has 0 unspecified atom stereocenters. The van der Waals surface area contributed by atoms with Crippen molar-refractivity contribution in [1.82, 2.24) is 20.1 Å². The van der Waals surface area contributed by atoms with Crippen LogP contribution < -0.4 is 10.6 Å². The molecule has 0 fully saturated rings. The summed E-state index contributed by atoms with van der Waals surface area (Å²) in [5.41, 5.74) is 0.932. The van der Waals surface area contributed by atoms with Crippen LogP contribution in [0.15, 0.2) is 47.6 Å². The van der Waals surface area contributed by atoms with E-state index in [4.69, 9.17) is 34.8 Å². The van der Waals surface area contributed by atoms with Crippen molar-refractivity contribution in [3.8, 4) is 0 Å². The van der Waals surface area contributed by atoms with E-state index in [1.165, 1.54) is 23.9 Å². The van der Waals surface area contributed by atoms with Gasteiger partial charge in [0.1, 0.15) is 0 Å². The van der Waals surface area contributed by atoms with Crippen LogP contribution in [0.3, 0.4) is 0 Å². The highest BCUT2D eigenvalue weighted by Gasteiger charge is 2.19. The summed E-state index contributed by atoms with van der Waals surface area (Å²) in [4.78, 5) is 24.7. The van der Waals surface area contributed by atoms with Crippen LogP contribution in [0.1, 0.15) is 29.1 Å². The summed E-state index contributed by atoms with van der Waals surface area (Å²) in [6.45, 7) is 1.82. The maximum atomic E-state index is 12.4. The highest BCUT2D eigenvalue weighted by molar-refractivity contribution is 7.99. The number of thioether (sulfide) groups is 1. The van der Waals surface area contributed by atoms with E-state index < -0.39 is 0 Å². The van der Waals surface area contributed by atoms with Gasteiger partial charge in [0.2, 0.25) is 5.91 Å². The number of amides is 2. The third kappa shape index (κ3) is 5.92. The molecule has 7 nitrogen and oxygen atoms in total. The number of hydrogen-bond acceptors (Lipinski definition) is 5. The highest BCUT2D eigenvalue weighted by atomic mass is 35.5. The molecule has 2 aromatic carbocycles. The van der Waals surface area contributed by atoms with E-state index in [9.17, 15) is 9.59 Å². The van der Waals surface area contributed by atoms with Gasteiger partial charge in [-0.05, 0) is 31.2 Å². The lowest BCUT2D eigenvalue weighted by molar-refractivity contribution is -0.113. The lowest BCUT2D eigenvalue weighted by Gasteiger charge is -2.13. The highest BCUT2D eigenvalue weighted by Crippen LogP contribution is 2.32. The minimum atomic E-state index is -0.372. The van der Waals surface area contributed by atoms with E-state index in [0.29, 0.717) is 32.3 Å². The molecule has 0 bridgehead atoms. The Bertz CT molecular complexity index is 1110. The molecule has 31 heavy (non-hydrogen) atoms. The molecule has 162 valence electrons. The molecule has 0 saturated carbocycles. The third-order valence-electron chi connectivity index (χ3n) is 4.26.